The number of nitrogens with zero attached hydrogens (tertiary/aromatic N) is 1. The van der Waals surface area contributed by atoms with Gasteiger partial charge in [-0.3, -0.25) is 0 Å². The topological polar surface area (TPSA) is 51.2 Å². The number of nitrogens with one attached hydrogen (secondary N) is 1. The number of pyridine rings is 1. The molecule has 84 valence electrons. The van der Waals surface area contributed by atoms with E-state index in [4.69, 9.17) is 0 Å². The third-order valence-corrected chi connectivity index (χ3v) is 2.50. The molecule has 4 heteroatoms. The van der Waals surface area contributed by atoms with Crippen molar-refractivity contribution in [3.8, 4) is 0 Å². The van der Waals surface area contributed by atoms with Gasteiger partial charge in [-0.2, -0.15) is 0 Å². The van der Waals surface area contributed by atoms with E-state index in [2.05, 4.69) is 21.1 Å². The van der Waals surface area contributed by atoms with Crippen LogP contribution >= 0.6 is 0 Å². The zero-order valence-corrected chi connectivity index (χ0v) is 9.19. The highest BCUT2D eigenvalue weighted by atomic mass is 16.5. The predicted molar refractivity (Wildman–Crippen MR) is 61.0 cm³/mol. The van der Waals surface area contributed by atoms with Crippen molar-refractivity contribution in [3.63, 3.8) is 0 Å². The van der Waals surface area contributed by atoms with Gasteiger partial charge in [0.2, 0.25) is 0 Å². The molecule has 4 nitrogen and oxygen atoms in total. The van der Waals surface area contributed by atoms with E-state index in [0.29, 0.717) is 5.69 Å². The van der Waals surface area contributed by atoms with Gasteiger partial charge >= 0.3 is 5.97 Å². The molecule has 1 aliphatic heterocycles. The molecular weight excluding hydrogens is 204 g/mol. The molecule has 0 spiro atoms. The second-order valence-electron chi connectivity index (χ2n) is 3.59. The lowest BCUT2D eigenvalue weighted by molar-refractivity contribution is 0.0594. The zero-order valence-electron chi connectivity index (χ0n) is 9.19. The first-order chi connectivity index (χ1) is 7.81. The van der Waals surface area contributed by atoms with Gasteiger partial charge in [-0.15, -0.1) is 0 Å². The van der Waals surface area contributed by atoms with Crippen LogP contribution in [-0.4, -0.2) is 31.2 Å². The van der Waals surface area contributed by atoms with E-state index in [1.807, 2.05) is 12.1 Å². The molecule has 16 heavy (non-hydrogen) atoms. The molecule has 0 aromatic carbocycles. The van der Waals surface area contributed by atoms with Crippen LogP contribution in [0.4, 0.5) is 0 Å². The van der Waals surface area contributed by atoms with Crippen LogP contribution in [0.2, 0.25) is 0 Å². The monoisotopic (exact) mass is 218 g/mol. The SMILES string of the molecule is COC(=O)c1cccc(C2=CCCNC2)n1. The van der Waals surface area contributed by atoms with E-state index in [1.165, 1.54) is 7.11 Å². The minimum Gasteiger partial charge on any atom is -0.464 e. The lowest BCUT2D eigenvalue weighted by Crippen LogP contribution is -2.22. The summed E-state index contributed by atoms with van der Waals surface area (Å²) in [6.07, 6.45) is 3.15. The summed E-state index contributed by atoms with van der Waals surface area (Å²) in [5.41, 5.74) is 2.33. The Morgan fingerprint density at radius 1 is 1.50 bits per heavy atom. The van der Waals surface area contributed by atoms with Crippen LogP contribution in [0.5, 0.6) is 0 Å². The predicted octanol–water partition coefficient (Wildman–Crippen LogP) is 1.24. The van der Waals surface area contributed by atoms with Crippen molar-refractivity contribution in [2.75, 3.05) is 20.2 Å². The quantitative estimate of drug-likeness (QED) is 0.759. The van der Waals surface area contributed by atoms with Crippen molar-refractivity contribution in [2.45, 2.75) is 6.42 Å². The van der Waals surface area contributed by atoms with Gasteiger partial charge in [0.05, 0.1) is 12.8 Å². The van der Waals surface area contributed by atoms with Crippen LogP contribution in [0.1, 0.15) is 22.6 Å². The molecule has 2 heterocycles. The van der Waals surface area contributed by atoms with Crippen molar-refractivity contribution >= 4 is 11.5 Å². The highest BCUT2D eigenvalue weighted by molar-refractivity contribution is 5.87. The van der Waals surface area contributed by atoms with Crippen LogP contribution < -0.4 is 5.32 Å². The largest absolute Gasteiger partial charge is 0.464 e. The van der Waals surface area contributed by atoms with E-state index < -0.39 is 5.97 Å². The third kappa shape index (κ3) is 2.28. The van der Waals surface area contributed by atoms with E-state index in [0.717, 1.165) is 30.8 Å². The smallest absolute Gasteiger partial charge is 0.356 e. The highest BCUT2D eigenvalue weighted by Gasteiger charge is 2.11. The van der Waals surface area contributed by atoms with Gasteiger partial charge in [-0.05, 0) is 30.7 Å². The van der Waals surface area contributed by atoms with Crippen molar-refractivity contribution in [1.82, 2.24) is 10.3 Å². The van der Waals surface area contributed by atoms with Gasteiger partial charge in [0.25, 0.3) is 0 Å². The van der Waals surface area contributed by atoms with Crippen LogP contribution in [-0.2, 0) is 4.74 Å². The Hall–Kier alpha value is -1.68. The van der Waals surface area contributed by atoms with Crippen molar-refractivity contribution in [2.24, 2.45) is 0 Å². The minimum absolute atomic E-state index is 0.353. The first kappa shape index (κ1) is 10.8. The molecule has 0 saturated carbocycles. The number of hydrogen-bond acceptors (Lipinski definition) is 4. The summed E-state index contributed by atoms with van der Waals surface area (Å²) in [6.45, 7) is 1.80. The lowest BCUT2D eigenvalue weighted by atomic mass is 10.1. The molecule has 0 saturated heterocycles. The van der Waals surface area contributed by atoms with Crippen molar-refractivity contribution in [1.29, 1.82) is 0 Å². The molecule has 0 amide bonds. The van der Waals surface area contributed by atoms with E-state index in [1.54, 1.807) is 6.07 Å². The molecule has 1 aromatic rings. The van der Waals surface area contributed by atoms with Gasteiger partial charge in [-0.1, -0.05) is 12.1 Å². The van der Waals surface area contributed by atoms with Gasteiger partial charge in [0, 0.05) is 6.54 Å². The van der Waals surface area contributed by atoms with Crippen LogP contribution in [0.15, 0.2) is 24.3 Å². The normalized spacial score (nSPS) is 15.4. The number of rotatable bonds is 2. The molecule has 0 bridgehead atoms. The van der Waals surface area contributed by atoms with Gasteiger partial charge < -0.3 is 10.1 Å². The maximum Gasteiger partial charge on any atom is 0.356 e. The summed E-state index contributed by atoms with van der Waals surface area (Å²) in [7, 11) is 1.36. The fourth-order valence-electron chi connectivity index (χ4n) is 1.67. The molecule has 0 aliphatic carbocycles. The number of carbonyl (C=O) groups is 1. The van der Waals surface area contributed by atoms with Crippen molar-refractivity contribution < 1.29 is 9.53 Å². The Kier molecular flexibility index (Phi) is 3.31. The van der Waals surface area contributed by atoms with E-state index >= 15 is 0 Å². The molecule has 0 unspecified atom stereocenters. The Balaban J connectivity index is 2.28. The minimum atomic E-state index is -0.397. The summed E-state index contributed by atoms with van der Waals surface area (Å²) in [5.74, 6) is -0.397. The van der Waals surface area contributed by atoms with Gasteiger partial charge in [-0.25, -0.2) is 9.78 Å². The second kappa shape index (κ2) is 4.90. The molecule has 0 radical (unpaired) electrons. The first-order valence-electron chi connectivity index (χ1n) is 5.27. The molecule has 2 rings (SSSR count). The molecule has 1 N–H and O–H groups in total. The summed E-state index contributed by atoms with van der Waals surface area (Å²) < 4.78 is 4.64. The van der Waals surface area contributed by atoms with Crippen LogP contribution in [0.3, 0.4) is 0 Å². The number of carbonyl (C=O) groups excluding carboxylic acids is 1. The number of methoxy groups -OCH3 is 1. The second-order valence-corrected chi connectivity index (χ2v) is 3.59. The molecule has 0 atom stereocenters. The van der Waals surface area contributed by atoms with Crippen LogP contribution in [0, 0.1) is 0 Å². The van der Waals surface area contributed by atoms with Gasteiger partial charge in [0.15, 0.2) is 0 Å². The maximum absolute atomic E-state index is 11.3. The Bertz CT molecular complexity index is 427. The Labute approximate surface area is 94.3 Å². The molecule has 1 aromatic heterocycles. The fourth-order valence-corrected chi connectivity index (χ4v) is 1.67. The Morgan fingerprint density at radius 3 is 3.06 bits per heavy atom. The summed E-state index contributed by atoms with van der Waals surface area (Å²) in [6, 6.07) is 5.39. The van der Waals surface area contributed by atoms with E-state index in [9.17, 15) is 4.79 Å². The fraction of sp³-hybridized carbons (Fsp3) is 0.333. The third-order valence-electron chi connectivity index (χ3n) is 2.50. The standard InChI is InChI=1S/C12H14N2O2/c1-16-12(15)11-6-2-5-10(14-11)9-4-3-7-13-8-9/h2,4-6,13H,3,7-8H2,1H3. The molecule has 0 fully saturated rings. The molecular formula is C12H14N2O2. The maximum atomic E-state index is 11.3. The number of hydrogen-bond donors (Lipinski definition) is 1. The van der Waals surface area contributed by atoms with Crippen LogP contribution in [0.25, 0.3) is 5.57 Å². The number of aromatic nitrogens is 1. The van der Waals surface area contributed by atoms with Crippen molar-refractivity contribution in [3.05, 3.63) is 35.7 Å². The summed E-state index contributed by atoms with van der Waals surface area (Å²) in [4.78, 5) is 15.6. The number of esters is 1. The lowest BCUT2D eigenvalue weighted by Gasteiger charge is -2.13. The number of ether oxygens (including phenoxy) is 1. The summed E-state index contributed by atoms with van der Waals surface area (Å²) in [5, 5.41) is 3.27. The van der Waals surface area contributed by atoms with E-state index in [-0.39, 0.29) is 0 Å². The summed E-state index contributed by atoms with van der Waals surface area (Å²) >= 11 is 0. The highest BCUT2D eigenvalue weighted by Crippen LogP contribution is 2.15. The Morgan fingerprint density at radius 2 is 2.38 bits per heavy atom. The molecule has 1 aliphatic rings. The average Bonchev–Trinajstić information content (AvgIpc) is 2.39. The van der Waals surface area contributed by atoms with Gasteiger partial charge in [0.1, 0.15) is 5.69 Å². The first-order valence-corrected chi connectivity index (χ1v) is 5.27. The average molecular weight is 218 g/mol. The zero-order chi connectivity index (χ0) is 11.4.